The van der Waals surface area contributed by atoms with Crippen molar-refractivity contribution in [1.29, 1.82) is 5.26 Å². The summed E-state index contributed by atoms with van der Waals surface area (Å²) in [4.78, 5) is 27.4. The van der Waals surface area contributed by atoms with E-state index in [0.29, 0.717) is 29.5 Å². The van der Waals surface area contributed by atoms with Gasteiger partial charge in [-0.3, -0.25) is 9.59 Å². The van der Waals surface area contributed by atoms with E-state index in [1.54, 1.807) is 18.2 Å². The molecule has 190 valence electrons. The minimum Gasteiger partial charge on any atom is -0.481 e. The van der Waals surface area contributed by atoms with Crippen LogP contribution in [0.15, 0.2) is 48.5 Å². The van der Waals surface area contributed by atoms with Crippen molar-refractivity contribution in [1.82, 2.24) is 4.90 Å². The Morgan fingerprint density at radius 1 is 1.19 bits per heavy atom. The average Bonchev–Trinajstić information content (AvgIpc) is 3.64. The van der Waals surface area contributed by atoms with Crippen molar-refractivity contribution >= 4 is 35.1 Å². The predicted octanol–water partition coefficient (Wildman–Crippen LogP) is 6.24. The van der Waals surface area contributed by atoms with Crippen LogP contribution in [0.4, 0.5) is 0 Å². The SMILES string of the molecule is CCC(COCC1(C#N)CC1)N1C(=O)C(CC(=O)O)C[C@H](c2cccc(Cl)c2)C1c1ccc(Cl)cc1. The number of halogens is 2. The van der Waals surface area contributed by atoms with Crippen LogP contribution in [0.2, 0.25) is 10.0 Å². The van der Waals surface area contributed by atoms with Crippen LogP contribution in [0.3, 0.4) is 0 Å². The minimum absolute atomic E-state index is 0.171. The van der Waals surface area contributed by atoms with Crippen molar-refractivity contribution in [2.45, 2.75) is 57.0 Å². The summed E-state index contributed by atoms with van der Waals surface area (Å²) in [5.41, 5.74) is 1.46. The number of hydrogen-bond donors (Lipinski definition) is 1. The molecule has 4 rings (SSSR count). The summed E-state index contributed by atoms with van der Waals surface area (Å²) >= 11 is 12.5. The highest BCUT2D eigenvalue weighted by Crippen LogP contribution is 2.48. The molecule has 2 fully saturated rings. The van der Waals surface area contributed by atoms with Gasteiger partial charge in [0.05, 0.1) is 43.2 Å². The Bertz CT molecular complexity index is 1140. The smallest absolute Gasteiger partial charge is 0.304 e. The van der Waals surface area contributed by atoms with E-state index in [1.807, 2.05) is 42.2 Å². The fourth-order valence-electron chi connectivity index (χ4n) is 5.20. The maximum Gasteiger partial charge on any atom is 0.304 e. The number of benzene rings is 2. The molecule has 2 aliphatic rings. The van der Waals surface area contributed by atoms with Gasteiger partial charge in [0.1, 0.15) is 0 Å². The Labute approximate surface area is 221 Å². The fraction of sp³-hybridized carbons (Fsp3) is 0.464. The second-order valence-electron chi connectivity index (χ2n) is 9.90. The number of rotatable bonds is 10. The van der Waals surface area contributed by atoms with E-state index < -0.39 is 17.3 Å². The number of carboxylic acid groups (broad SMARTS) is 1. The van der Waals surface area contributed by atoms with Gasteiger partial charge < -0.3 is 14.7 Å². The molecule has 6 nitrogen and oxygen atoms in total. The number of carbonyl (C=O) groups excluding carboxylic acids is 1. The molecule has 1 amide bonds. The molecular weight excluding hydrogens is 499 g/mol. The van der Waals surface area contributed by atoms with Gasteiger partial charge in [-0.05, 0) is 61.1 Å². The molecule has 1 N–H and O–H groups in total. The number of carboxylic acids is 1. The number of carbonyl (C=O) groups is 2. The predicted molar refractivity (Wildman–Crippen MR) is 138 cm³/mol. The van der Waals surface area contributed by atoms with Crippen molar-refractivity contribution in [3.8, 4) is 6.07 Å². The molecule has 0 radical (unpaired) electrons. The van der Waals surface area contributed by atoms with E-state index in [-0.39, 0.29) is 36.9 Å². The van der Waals surface area contributed by atoms with Crippen LogP contribution in [-0.4, -0.2) is 41.1 Å². The molecule has 4 atom stereocenters. The zero-order valence-corrected chi connectivity index (χ0v) is 21.7. The molecule has 0 spiro atoms. The van der Waals surface area contributed by atoms with Crippen molar-refractivity contribution in [2.24, 2.45) is 11.3 Å². The average molecular weight is 529 g/mol. The Balaban J connectivity index is 1.74. The van der Waals surface area contributed by atoms with Gasteiger partial charge in [0, 0.05) is 21.9 Å². The topological polar surface area (TPSA) is 90.6 Å². The summed E-state index contributed by atoms with van der Waals surface area (Å²) in [5, 5.41) is 20.2. The molecule has 8 heteroatoms. The molecule has 0 bridgehead atoms. The summed E-state index contributed by atoms with van der Waals surface area (Å²) in [7, 11) is 0. The lowest BCUT2D eigenvalue weighted by Crippen LogP contribution is -2.53. The quantitative estimate of drug-likeness (QED) is 0.394. The van der Waals surface area contributed by atoms with Crippen LogP contribution in [0.25, 0.3) is 0 Å². The van der Waals surface area contributed by atoms with E-state index >= 15 is 0 Å². The maximum atomic E-state index is 13.9. The Hall–Kier alpha value is -2.59. The number of amides is 1. The van der Waals surface area contributed by atoms with Gasteiger partial charge in [-0.2, -0.15) is 5.26 Å². The Kier molecular flexibility index (Phi) is 8.24. The van der Waals surface area contributed by atoms with Gasteiger partial charge in [0.15, 0.2) is 0 Å². The lowest BCUT2D eigenvalue weighted by Gasteiger charge is -2.48. The molecule has 1 aliphatic heterocycles. The second kappa shape index (κ2) is 11.2. The fourth-order valence-corrected chi connectivity index (χ4v) is 5.52. The lowest BCUT2D eigenvalue weighted by molar-refractivity contribution is -0.154. The number of hydrogen-bond acceptors (Lipinski definition) is 4. The van der Waals surface area contributed by atoms with Crippen LogP contribution in [-0.2, 0) is 14.3 Å². The highest BCUT2D eigenvalue weighted by atomic mass is 35.5. The summed E-state index contributed by atoms with van der Waals surface area (Å²) in [6.45, 7) is 2.61. The molecule has 2 aromatic carbocycles. The van der Waals surface area contributed by atoms with Crippen molar-refractivity contribution in [3.63, 3.8) is 0 Å². The van der Waals surface area contributed by atoms with E-state index in [0.717, 1.165) is 24.0 Å². The normalized spacial score (nSPS) is 23.7. The third-order valence-corrected chi connectivity index (χ3v) is 7.86. The van der Waals surface area contributed by atoms with Crippen LogP contribution in [0.5, 0.6) is 0 Å². The first-order valence-electron chi connectivity index (χ1n) is 12.3. The van der Waals surface area contributed by atoms with Gasteiger partial charge >= 0.3 is 5.97 Å². The molecule has 1 saturated carbocycles. The maximum absolute atomic E-state index is 13.9. The van der Waals surface area contributed by atoms with Crippen LogP contribution >= 0.6 is 23.2 Å². The van der Waals surface area contributed by atoms with Gasteiger partial charge in [-0.25, -0.2) is 0 Å². The summed E-state index contributed by atoms with van der Waals surface area (Å²) in [6, 6.07) is 16.7. The zero-order valence-electron chi connectivity index (χ0n) is 20.2. The summed E-state index contributed by atoms with van der Waals surface area (Å²) < 4.78 is 6.01. The number of likely N-dealkylation sites (tertiary alicyclic amines) is 1. The first-order chi connectivity index (χ1) is 17.3. The van der Waals surface area contributed by atoms with Crippen molar-refractivity contribution in [2.75, 3.05) is 13.2 Å². The molecular formula is C28H30Cl2N2O4. The molecule has 1 saturated heterocycles. The van der Waals surface area contributed by atoms with E-state index in [2.05, 4.69) is 6.07 Å². The van der Waals surface area contributed by atoms with Crippen LogP contribution in [0, 0.1) is 22.7 Å². The van der Waals surface area contributed by atoms with Crippen molar-refractivity contribution in [3.05, 3.63) is 69.7 Å². The Morgan fingerprint density at radius 2 is 1.92 bits per heavy atom. The van der Waals surface area contributed by atoms with Crippen LogP contribution in [0.1, 0.15) is 62.1 Å². The first kappa shape index (κ1) is 26.5. The molecule has 1 aliphatic carbocycles. The van der Waals surface area contributed by atoms with E-state index in [1.165, 1.54) is 0 Å². The van der Waals surface area contributed by atoms with Gasteiger partial charge in [-0.1, -0.05) is 54.4 Å². The molecule has 1 heterocycles. The van der Waals surface area contributed by atoms with E-state index in [9.17, 15) is 20.0 Å². The zero-order chi connectivity index (χ0) is 25.9. The minimum atomic E-state index is -1.00. The van der Waals surface area contributed by atoms with Crippen molar-refractivity contribution < 1.29 is 19.4 Å². The standard InChI is InChI=1S/C28H30Cl2N2O4/c1-2-23(15-36-17-28(16-31)10-11-28)32-26(18-6-8-21(29)9-7-18)24(19-4-3-5-22(30)12-19)13-20(27(32)35)14-25(33)34/h3-9,12,20,23-24,26H,2,10-11,13-15,17H2,1H3,(H,33,34)/t20?,23?,24-,26?/m1/s1. The largest absolute Gasteiger partial charge is 0.481 e. The lowest BCUT2D eigenvalue weighted by atomic mass is 9.74. The third-order valence-electron chi connectivity index (χ3n) is 7.38. The molecule has 2 aromatic rings. The summed E-state index contributed by atoms with van der Waals surface area (Å²) in [6.07, 6.45) is 2.43. The molecule has 0 aromatic heterocycles. The monoisotopic (exact) mass is 528 g/mol. The Morgan fingerprint density at radius 3 is 2.50 bits per heavy atom. The highest BCUT2D eigenvalue weighted by molar-refractivity contribution is 6.30. The van der Waals surface area contributed by atoms with Gasteiger partial charge in [0.2, 0.25) is 5.91 Å². The number of piperidine rings is 1. The highest BCUT2D eigenvalue weighted by Gasteiger charge is 2.47. The number of ether oxygens (including phenoxy) is 1. The van der Waals surface area contributed by atoms with E-state index in [4.69, 9.17) is 27.9 Å². The van der Waals surface area contributed by atoms with Crippen LogP contribution < -0.4 is 0 Å². The second-order valence-corrected chi connectivity index (χ2v) is 10.8. The number of nitrogens with zero attached hydrogens (tertiary/aromatic N) is 2. The third kappa shape index (κ3) is 5.86. The molecule has 36 heavy (non-hydrogen) atoms. The van der Waals surface area contributed by atoms with Gasteiger partial charge in [0.25, 0.3) is 0 Å². The first-order valence-corrected chi connectivity index (χ1v) is 13.1. The van der Waals surface area contributed by atoms with Gasteiger partial charge in [-0.15, -0.1) is 0 Å². The molecule has 3 unspecified atom stereocenters. The number of aliphatic carboxylic acids is 1. The number of nitriles is 1. The summed E-state index contributed by atoms with van der Waals surface area (Å²) in [5.74, 6) is -2.03.